The first kappa shape index (κ1) is 27.4. The molecule has 1 aliphatic heterocycles. The lowest BCUT2D eigenvalue weighted by atomic mass is 9.43. The zero-order chi connectivity index (χ0) is 26.7. The summed E-state index contributed by atoms with van der Waals surface area (Å²) < 4.78 is 23.4. The lowest BCUT2D eigenvalue weighted by Gasteiger charge is -2.63. The average Bonchev–Trinajstić information content (AvgIpc) is 3.37. The van der Waals surface area contributed by atoms with Crippen LogP contribution >= 0.6 is 15.9 Å². The summed E-state index contributed by atoms with van der Waals surface area (Å²) in [4.78, 5) is 36.2. The predicted molar refractivity (Wildman–Crippen MR) is 140 cm³/mol. The highest BCUT2D eigenvalue weighted by atomic mass is 79.9. The normalized spacial score (nSPS) is 46.7. The van der Waals surface area contributed by atoms with Crippen LogP contribution in [0.1, 0.15) is 79.1 Å². The zero-order valence-electron chi connectivity index (χ0n) is 22.9. The molecule has 5 aliphatic rings. The Bertz CT molecular complexity index is 924. The van der Waals surface area contributed by atoms with E-state index in [9.17, 15) is 14.4 Å². The minimum Gasteiger partial charge on any atom is -0.469 e. The SMILES string of the molecule is COC(=O)CC[C@@H](C)[C@H]1CC[C@H]2[C@@H]3[C@H](Br)[C@H]4OC[C@@]5(CC[C@@H](OC(C)=O)C[C@@H]45)[C@H]3C[C@H](OC(C)=O)[C@]12C. The number of esters is 3. The van der Waals surface area contributed by atoms with E-state index < -0.39 is 0 Å². The fourth-order valence-electron chi connectivity index (χ4n) is 9.95. The molecule has 12 atom stereocenters. The molecule has 4 saturated carbocycles. The first-order chi connectivity index (χ1) is 17.5. The molecule has 0 amide bonds. The standard InChI is InChI=1S/C29H43BrO7/c1-15(6-9-24(33)34-5)19-7-8-20-25-21(13-23(28(19,20)4)37-17(3)32)29-11-10-18(36-16(2)31)12-22(29)27(26(25)30)35-14-29/h15,18-23,25-27H,6-14H2,1-5H3/t15-,18-,19-,20+,21+,22+,23+,25+,26+,27+,28-,29+/m1/s1. The Morgan fingerprint density at radius 3 is 2.43 bits per heavy atom. The third kappa shape index (κ3) is 4.36. The maximum absolute atomic E-state index is 12.4. The van der Waals surface area contributed by atoms with Gasteiger partial charge in [-0.25, -0.2) is 0 Å². The molecule has 5 rings (SSSR count). The molecule has 0 spiro atoms. The fourth-order valence-corrected chi connectivity index (χ4v) is 11.2. The molecule has 1 heterocycles. The van der Waals surface area contributed by atoms with E-state index in [1.807, 2.05) is 0 Å². The number of carbonyl (C=O) groups excluding carboxylic acids is 3. The van der Waals surface area contributed by atoms with Gasteiger partial charge in [0.05, 0.1) is 19.8 Å². The number of carbonyl (C=O) groups is 3. The Balaban J connectivity index is 1.46. The highest BCUT2D eigenvalue weighted by molar-refractivity contribution is 9.09. The lowest BCUT2D eigenvalue weighted by molar-refractivity contribution is -0.192. The second-order valence-corrected chi connectivity index (χ2v) is 13.9. The molecule has 7 nitrogen and oxygen atoms in total. The molecule has 37 heavy (non-hydrogen) atoms. The van der Waals surface area contributed by atoms with Crippen molar-refractivity contribution in [3.63, 3.8) is 0 Å². The summed E-state index contributed by atoms with van der Waals surface area (Å²) in [5.74, 6) is 1.72. The van der Waals surface area contributed by atoms with E-state index in [1.54, 1.807) is 0 Å². The highest BCUT2D eigenvalue weighted by Gasteiger charge is 2.71. The molecule has 0 aromatic heterocycles. The van der Waals surface area contributed by atoms with Gasteiger partial charge in [-0.15, -0.1) is 0 Å². The molecule has 208 valence electrons. The number of fused-ring (bicyclic) bond motifs is 3. The van der Waals surface area contributed by atoms with Gasteiger partial charge >= 0.3 is 17.9 Å². The molecule has 0 N–H and O–H groups in total. The van der Waals surface area contributed by atoms with Gasteiger partial charge in [0, 0.05) is 35.9 Å². The predicted octanol–water partition coefficient (Wildman–Crippen LogP) is 5.07. The van der Waals surface area contributed by atoms with Crippen LogP contribution < -0.4 is 0 Å². The smallest absolute Gasteiger partial charge is 0.305 e. The largest absolute Gasteiger partial charge is 0.469 e. The van der Waals surface area contributed by atoms with E-state index >= 15 is 0 Å². The monoisotopic (exact) mass is 582 g/mol. The number of ether oxygens (including phenoxy) is 4. The first-order valence-corrected chi connectivity index (χ1v) is 15.1. The van der Waals surface area contributed by atoms with Crippen molar-refractivity contribution in [3.8, 4) is 0 Å². The summed E-state index contributed by atoms with van der Waals surface area (Å²) in [6, 6.07) is 0. The Hall–Kier alpha value is -1.15. The quantitative estimate of drug-likeness (QED) is 0.245. The molecule has 0 aromatic rings. The molecule has 8 heteroatoms. The van der Waals surface area contributed by atoms with E-state index in [2.05, 4.69) is 29.8 Å². The van der Waals surface area contributed by atoms with Crippen LogP contribution in [0.15, 0.2) is 0 Å². The van der Waals surface area contributed by atoms with Crippen LogP contribution in [0.4, 0.5) is 0 Å². The summed E-state index contributed by atoms with van der Waals surface area (Å²) in [7, 11) is 1.44. The van der Waals surface area contributed by atoms with E-state index in [4.69, 9.17) is 18.9 Å². The van der Waals surface area contributed by atoms with Crippen LogP contribution in [0.25, 0.3) is 0 Å². The molecule has 1 saturated heterocycles. The number of hydrogen-bond acceptors (Lipinski definition) is 7. The van der Waals surface area contributed by atoms with Crippen molar-refractivity contribution in [2.24, 2.45) is 46.3 Å². The van der Waals surface area contributed by atoms with Gasteiger partial charge < -0.3 is 18.9 Å². The third-order valence-electron chi connectivity index (χ3n) is 11.4. The van der Waals surface area contributed by atoms with Crippen molar-refractivity contribution in [2.45, 2.75) is 102 Å². The molecule has 0 unspecified atom stereocenters. The van der Waals surface area contributed by atoms with Gasteiger partial charge in [-0.2, -0.15) is 0 Å². The van der Waals surface area contributed by atoms with Gasteiger partial charge in [0.2, 0.25) is 0 Å². The van der Waals surface area contributed by atoms with Crippen molar-refractivity contribution in [3.05, 3.63) is 0 Å². The number of hydrogen-bond donors (Lipinski definition) is 0. The molecule has 5 fully saturated rings. The Labute approximate surface area is 229 Å². The Morgan fingerprint density at radius 2 is 1.76 bits per heavy atom. The molecule has 2 bridgehead atoms. The van der Waals surface area contributed by atoms with Crippen LogP contribution in [0.2, 0.25) is 0 Å². The summed E-state index contributed by atoms with van der Waals surface area (Å²) in [6.45, 7) is 8.38. The Kier molecular flexibility index (Phi) is 7.49. The molecular formula is C29H43BrO7. The average molecular weight is 584 g/mol. The minimum absolute atomic E-state index is 0.0410. The van der Waals surface area contributed by atoms with Gasteiger partial charge in [0.25, 0.3) is 0 Å². The fraction of sp³-hybridized carbons (Fsp3) is 0.897. The second-order valence-electron chi connectivity index (χ2n) is 12.8. The summed E-state index contributed by atoms with van der Waals surface area (Å²) in [5, 5.41) is 0. The third-order valence-corrected chi connectivity index (χ3v) is 12.5. The minimum atomic E-state index is -0.212. The molecule has 4 aliphatic carbocycles. The van der Waals surface area contributed by atoms with Crippen LogP contribution in [-0.4, -0.2) is 54.8 Å². The lowest BCUT2D eigenvalue weighted by Crippen LogP contribution is -2.64. The number of halogens is 1. The number of rotatable bonds is 6. The number of methoxy groups -OCH3 is 1. The summed E-state index contributed by atoms with van der Waals surface area (Å²) in [6.07, 6.45) is 6.88. The summed E-state index contributed by atoms with van der Waals surface area (Å²) >= 11 is 4.16. The van der Waals surface area contributed by atoms with E-state index in [0.717, 1.165) is 51.6 Å². The van der Waals surface area contributed by atoms with Crippen molar-refractivity contribution < 1.29 is 33.3 Å². The van der Waals surface area contributed by atoms with E-state index in [-0.39, 0.29) is 51.9 Å². The van der Waals surface area contributed by atoms with Crippen molar-refractivity contribution in [1.29, 1.82) is 0 Å². The zero-order valence-corrected chi connectivity index (χ0v) is 24.5. The summed E-state index contributed by atoms with van der Waals surface area (Å²) in [5.41, 5.74) is -0.100. The maximum Gasteiger partial charge on any atom is 0.305 e. The van der Waals surface area contributed by atoms with Gasteiger partial charge in [0.15, 0.2) is 0 Å². The van der Waals surface area contributed by atoms with Gasteiger partial charge in [-0.3, -0.25) is 14.4 Å². The van der Waals surface area contributed by atoms with Crippen molar-refractivity contribution in [2.75, 3.05) is 13.7 Å². The first-order valence-electron chi connectivity index (χ1n) is 14.2. The van der Waals surface area contributed by atoms with Crippen molar-refractivity contribution in [1.82, 2.24) is 0 Å². The van der Waals surface area contributed by atoms with E-state index in [1.165, 1.54) is 21.0 Å². The van der Waals surface area contributed by atoms with Crippen LogP contribution in [0.3, 0.4) is 0 Å². The van der Waals surface area contributed by atoms with Crippen LogP contribution in [0.5, 0.6) is 0 Å². The van der Waals surface area contributed by atoms with Gasteiger partial charge in [-0.05, 0) is 80.5 Å². The molecular weight excluding hydrogens is 540 g/mol. The van der Waals surface area contributed by atoms with Gasteiger partial charge in [-0.1, -0.05) is 29.8 Å². The highest BCUT2D eigenvalue weighted by Crippen LogP contribution is 2.71. The molecule has 0 radical (unpaired) electrons. The van der Waals surface area contributed by atoms with E-state index in [0.29, 0.717) is 41.9 Å². The molecule has 0 aromatic carbocycles. The Morgan fingerprint density at radius 1 is 1.03 bits per heavy atom. The number of alkyl halides is 1. The topological polar surface area (TPSA) is 88.1 Å². The van der Waals surface area contributed by atoms with Crippen LogP contribution in [-0.2, 0) is 33.3 Å². The van der Waals surface area contributed by atoms with Gasteiger partial charge in [0.1, 0.15) is 12.2 Å². The maximum atomic E-state index is 12.4. The van der Waals surface area contributed by atoms with Crippen LogP contribution in [0, 0.1) is 46.3 Å². The van der Waals surface area contributed by atoms with Crippen molar-refractivity contribution >= 4 is 33.8 Å². The second kappa shape index (κ2) is 10.1.